The minimum Gasteiger partial charge on any atom is -0.325 e. The van der Waals surface area contributed by atoms with Gasteiger partial charge in [-0.05, 0) is 5.56 Å². The third-order valence-electron chi connectivity index (χ3n) is 2.55. The second-order valence-corrected chi connectivity index (χ2v) is 3.67. The molecule has 2 aromatic rings. The van der Waals surface area contributed by atoms with E-state index in [1.807, 2.05) is 30.3 Å². The van der Waals surface area contributed by atoms with Crippen LogP contribution in [0.4, 0.5) is 0 Å². The first kappa shape index (κ1) is 11.3. The molecule has 0 radical (unpaired) electrons. The van der Waals surface area contributed by atoms with E-state index in [4.69, 9.17) is 11.0 Å². The van der Waals surface area contributed by atoms with E-state index in [1.54, 1.807) is 4.68 Å². The molecule has 5 heteroatoms. The zero-order valence-electron chi connectivity index (χ0n) is 9.37. The topological polar surface area (TPSA) is 80.5 Å². The third-order valence-corrected chi connectivity index (χ3v) is 2.55. The molecule has 0 unspecified atom stereocenters. The number of benzene rings is 1. The molecule has 5 nitrogen and oxygen atoms in total. The Morgan fingerprint density at radius 1 is 1.29 bits per heavy atom. The van der Waals surface area contributed by atoms with Crippen LogP contribution in [-0.4, -0.2) is 15.0 Å². The summed E-state index contributed by atoms with van der Waals surface area (Å²) in [6, 6.07) is 12.1. The fourth-order valence-corrected chi connectivity index (χ4v) is 1.70. The molecular weight excluding hydrogens is 214 g/mol. The smallest absolute Gasteiger partial charge is 0.130 e. The second kappa shape index (κ2) is 5.23. The first-order chi connectivity index (χ1) is 8.35. The highest BCUT2D eigenvalue weighted by Gasteiger charge is 2.11. The highest BCUT2D eigenvalue weighted by molar-refractivity contribution is 5.24. The molecule has 1 aromatic heterocycles. The van der Waals surface area contributed by atoms with E-state index >= 15 is 0 Å². The average molecular weight is 227 g/mol. The first-order valence-electron chi connectivity index (χ1n) is 5.37. The standard InChI is InChI=1S/C12H13N5/c13-6-7-17-12(11(9-14)15-16-17)8-10-4-2-1-3-5-10/h1-5H,7-9,14H2. The molecule has 2 rings (SSSR count). The fraction of sp³-hybridized carbons (Fsp3) is 0.250. The zero-order chi connectivity index (χ0) is 12.1. The van der Waals surface area contributed by atoms with Crippen molar-refractivity contribution >= 4 is 0 Å². The summed E-state index contributed by atoms with van der Waals surface area (Å²) in [6.07, 6.45) is 0.696. The molecular formula is C12H13N5. The number of nitrogens with zero attached hydrogens (tertiary/aromatic N) is 4. The Bertz CT molecular complexity index is 524. The summed E-state index contributed by atoms with van der Waals surface area (Å²) in [5.74, 6) is 0. The minimum absolute atomic E-state index is 0.204. The number of rotatable bonds is 4. The van der Waals surface area contributed by atoms with Gasteiger partial charge in [-0.2, -0.15) is 5.26 Å². The number of nitrogens with two attached hydrogens (primary N) is 1. The number of nitriles is 1. The molecule has 2 N–H and O–H groups in total. The van der Waals surface area contributed by atoms with Crippen LogP contribution in [0.2, 0.25) is 0 Å². The molecule has 0 saturated heterocycles. The van der Waals surface area contributed by atoms with Crippen molar-refractivity contribution in [3.8, 4) is 6.07 Å². The normalized spacial score (nSPS) is 10.1. The van der Waals surface area contributed by atoms with Gasteiger partial charge < -0.3 is 5.73 Å². The third kappa shape index (κ3) is 2.49. The van der Waals surface area contributed by atoms with Crippen LogP contribution in [0.15, 0.2) is 30.3 Å². The number of hydrogen-bond acceptors (Lipinski definition) is 4. The molecule has 0 amide bonds. The summed E-state index contributed by atoms with van der Waals surface area (Å²) in [7, 11) is 0. The zero-order valence-corrected chi connectivity index (χ0v) is 9.37. The van der Waals surface area contributed by atoms with Crippen molar-refractivity contribution in [2.24, 2.45) is 5.73 Å². The molecule has 1 heterocycles. The van der Waals surface area contributed by atoms with Crippen molar-refractivity contribution in [2.45, 2.75) is 19.5 Å². The Morgan fingerprint density at radius 3 is 2.71 bits per heavy atom. The van der Waals surface area contributed by atoms with Gasteiger partial charge in [-0.3, -0.25) is 0 Å². The lowest BCUT2D eigenvalue weighted by atomic mass is 10.1. The second-order valence-electron chi connectivity index (χ2n) is 3.67. The molecule has 0 fully saturated rings. The van der Waals surface area contributed by atoms with Gasteiger partial charge in [0.2, 0.25) is 0 Å². The van der Waals surface area contributed by atoms with Gasteiger partial charge in [-0.1, -0.05) is 35.5 Å². The average Bonchev–Trinajstić information content (AvgIpc) is 2.74. The number of aromatic nitrogens is 3. The first-order valence-corrected chi connectivity index (χ1v) is 5.37. The van der Waals surface area contributed by atoms with Crippen LogP contribution in [-0.2, 0) is 19.5 Å². The summed E-state index contributed by atoms with van der Waals surface area (Å²) in [5.41, 5.74) is 8.44. The van der Waals surface area contributed by atoms with Gasteiger partial charge in [0.15, 0.2) is 0 Å². The van der Waals surface area contributed by atoms with Crippen LogP contribution < -0.4 is 5.73 Å². The molecule has 1 aromatic carbocycles. The molecule has 0 spiro atoms. The quantitative estimate of drug-likeness (QED) is 0.839. The Kier molecular flexibility index (Phi) is 3.48. The lowest BCUT2D eigenvalue weighted by Gasteiger charge is -2.04. The highest BCUT2D eigenvalue weighted by Crippen LogP contribution is 2.12. The van der Waals surface area contributed by atoms with E-state index in [0.717, 1.165) is 17.0 Å². The Labute approximate surface area is 99.5 Å². The lowest BCUT2D eigenvalue weighted by Crippen LogP contribution is -2.08. The van der Waals surface area contributed by atoms with E-state index in [9.17, 15) is 0 Å². The van der Waals surface area contributed by atoms with Crippen molar-refractivity contribution in [2.75, 3.05) is 0 Å². The van der Waals surface area contributed by atoms with E-state index < -0.39 is 0 Å². The molecule has 0 aliphatic heterocycles. The summed E-state index contributed by atoms with van der Waals surface area (Å²) >= 11 is 0. The predicted molar refractivity (Wildman–Crippen MR) is 62.8 cm³/mol. The largest absolute Gasteiger partial charge is 0.325 e. The van der Waals surface area contributed by atoms with E-state index in [0.29, 0.717) is 13.0 Å². The van der Waals surface area contributed by atoms with Crippen molar-refractivity contribution in [3.05, 3.63) is 47.3 Å². The maximum Gasteiger partial charge on any atom is 0.130 e. The molecule has 17 heavy (non-hydrogen) atoms. The molecule has 86 valence electrons. The Morgan fingerprint density at radius 2 is 2.06 bits per heavy atom. The number of hydrogen-bond donors (Lipinski definition) is 1. The van der Waals surface area contributed by atoms with Gasteiger partial charge in [0.25, 0.3) is 0 Å². The van der Waals surface area contributed by atoms with Gasteiger partial charge in [0.1, 0.15) is 6.54 Å². The van der Waals surface area contributed by atoms with Gasteiger partial charge in [0, 0.05) is 13.0 Å². The van der Waals surface area contributed by atoms with Gasteiger partial charge in [0.05, 0.1) is 17.5 Å². The molecule has 0 atom stereocenters. The van der Waals surface area contributed by atoms with Gasteiger partial charge in [-0.25, -0.2) is 4.68 Å². The van der Waals surface area contributed by atoms with Crippen LogP contribution in [0.3, 0.4) is 0 Å². The molecule has 0 aliphatic carbocycles. The molecule has 0 bridgehead atoms. The van der Waals surface area contributed by atoms with Gasteiger partial charge in [-0.15, -0.1) is 5.10 Å². The maximum atomic E-state index is 8.72. The van der Waals surface area contributed by atoms with Crippen LogP contribution in [0.25, 0.3) is 0 Å². The monoisotopic (exact) mass is 227 g/mol. The highest BCUT2D eigenvalue weighted by atomic mass is 15.4. The predicted octanol–water partition coefficient (Wildman–Crippen LogP) is 0.851. The van der Waals surface area contributed by atoms with E-state index in [-0.39, 0.29) is 6.54 Å². The molecule has 0 saturated carbocycles. The minimum atomic E-state index is 0.204. The van der Waals surface area contributed by atoms with Crippen LogP contribution >= 0.6 is 0 Å². The SMILES string of the molecule is N#CCn1nnc(CN)c1Cc1ccccc1. The summed E-state index contributed by atoms with van der Waals surface area (Å²) in [5, 5.41) is 16.6. The van der Waals surface area contributed by atoms with Crippen molar-refractivity contribution in [1.29, 1.82) is 5.26 Å². The van der Waals surface area contributed by atoms with Crippen LogP contribution in [0, 0.1) is 11.3 Å². The van der Waals surface area contributed by atoms with Crippen molar-refractivity contribution in [3.63, 3.8) is 0 Å². The maximum absolute atomic E-state index is 8.72. The fourth-order valence-electron chi connectivity index (χ4n) is 1.70. The summed E-state index contributed by atoms with van der Waals surface area (Å²) in [6.45, 7) is 0.544. The van der Waals surface area contributed by atoms with E-state index in [2.05, 4.69) is 16.4 Å². The van der Waals surface area contributed by atoms with Crippen LogP contribution in [0.5, 0.6) is 0 Å². The summed E-state index contributed by atoms with van der Waals surface area (Å²) < 4.78 is 1.61. The van der Waals surface area contributed by atoms with Gasteiger partial charge >= 0.3 is 0 Å². The Balaban J connectivity index is 2.30. The van der Waals surface area contributed by atoms with Crippen molar-refractivity contribution in [1.82, 2.24) is 15.0 Å². The summed E-state index contributed by atoms with van der Waals surface area (Å²) in [4.78, 5) is 0. The molecule has 0 aliphatic rings. The van der Waals surface area contributed by atoms with E-state index in [1.165, 1.54) is 0 Å². The lowest BCUT2D eigenvalue weighted by molar-refractivity contribution is 0.642. The Hall–Kier alpha value is -2.19. The van der Waals surface area contributed by atoms with Crippen LogP contribution in [0.1, 0.15) is 17.0 Å². The van der Waals surface area contributed by atoms with Crippen molar-refractivity contribution < 1.29 is 0 Å².